The molecule has 7 nitrogen and oxygen atoms in total. The maximum absolute atomic E-state index is 5.54. The van der Waals surface area contributed by atoms with Gasteiger partial charge in [-0.15, -0.1) is 0 Å². The lowest BCUT2D eigenvalue weighted by Crippen LogP contribution is -2.34. The van der Waals surface area contributed by atoms with Gasteiger partial charge in [-0.25, -0.2) is 5.84 Å². The zero-order valence-corrected chi connectivity index (χ0v) is 12.8. The van der Waals surface area contributed by atoms with Crippen molar-refractivity contribution >= 4 is 17.8 Å². The molecule has 1 saturated carbocycles. The van der Waals surface area contributed by atoms with Gasteiger partial charge in [0.2, 0.25) is 17.8 Å². The van der Waals surface area contributed by atoms with E-state index in [0.717, 1.165) is 38.0 Å². The minimum Gasteiger partial charge on any atom is -0.341 e. The first-order chi connectivity index (χ1) is 10.3. The minimum atomic E-state index is 0.460. The third-order valence-corrected chi connectivity index (χ3v) is 4.09. The summed E-state index contributed by atoms with van der Waals surface area (Å²) in [7, 11) is 0. The largest absolute Gasteiger partial charge is 0.341 e. The number of nitrogens with two attached hydrogens (primary N) is 1. The molecular formula is C14H25N7. The molecule has 0 radical (unpaired) electrons. The molecule has 1 saturated heterocycles. The van der Waals surface area contributed by atoms with Crippen LogP contribution in [0.2, 0.25) is 0 Å². The van der Waals surface area contributed by atoms with E-state index in [2.05, 4.69) is 32.1 Å². The van der Waals surface area contributed by atoms with E-state index < -0.39 is 0 Å². The summed E-state index contributed by atoms with van der Waals surface area (Å²) in [4.78, 5) is 18.2. The second-order valence-electron chi connectivity index (χ2n) is 5.88. The molecular weight excluding hydrogens is 266 g/mol. The average molecular weight is 291 g/mol. The topological polar surface area (TPSA) is 83.2 Å². The fourth-order valence-electron chi connectivity index (χ4n) is 2.86. The fraction of sp³-hybridized carbons (Fsp3) is 0.786. The molecule has 0 aromatic carbocycles. The van der Waals surface area contributed by atoms with Crippen LogP contribution >= 0.6 is 0 Å². The second-order valence-corrected chi connectivity index (χ2v) is 5.88. The SMILES string of the molecule is CCCN(c1nc(NN)nc(N2CCCCC2)n1)C1CC1. The highest BCUT2D eigenvalue weighted by atomic mass is 15.4. The number of anilines is 3. The summed E-state index contributed by atoms with van der Waals surface area (Å²) in [6.07, 6.45) is 7.25. The Labute approximate surface area is 125 Å². The molecule has 1 aromatic heterocycles. The zero-order valence-electron chi connectivity index (χ0n) is 12.8. The van der Waals surface area contributed by atoms with Crippen LogP contribution in [0.5, 0.6) is 0 Å². The van der Waals surface area contributed by atoms with E-state index in [9.17, 15) is 0 Å². The molecule has 7 heteroatoms. The van der Waals surface area contributed by atoms with Gasteiger partial charge in [-0.3, -0.25) is 5.43 Å². The summed E-state index contributed by atoms with van der Waals surface area (Å²) in [5, 5.41) is 0. The Hall–Kier alpha value is -1.63. The summed E-state index contributed by atoms with van der Waals surface area (Å²) in [5.74, 6) is 7.53. The first kappa shape index (κ1) is 14.3. The first-order valence-corrected chi connectivity index (χ1v) is 8.06. The number of piperidine rings is 1. The van der Waals surface area contributed by atoms with Crippen molar-refractivity contribution in [2.45, 2.75) is 51.5 Å². The molecule has 0 unspecified atom stereocenters. The molecule has 2 fully saturated rings. The van der Waals surface area contributed by atoms with Crippen molar-refractivity contribution < 1.29 is 0 Å². The van der Waals surface area contributed by atoms with E-state index in [4.69, 9.17) is 10.8 Å². The van der Waals surface area contributed by atoms with Gasteiger partial charge in [0.05, 0.1) is 0 Å². The zero-order chi connectivity index (χ0) is 14.7. The van der Waals surface area contributed by atoms with Crippen LogP contribution in [0, 0.1) is 0 Å². The lowest BCUT2D eigenvalue weighted by Gasteiger charge is -2.28. The van der Waals surface area contributed by atoms with Crippen molar-refractivity contribution in [3.8, 4) is 0 Å². The number of hydrogen-bond acceptors (Lipinski definition) is 7. The van der Waals surface area contributed by atoms with E-state index >= 15 is 0 Å². The Morgan fingerprint density at radius 2 is 1.95 bits per heavy atom. The summed E-state index contributed by atoms with van der Waals surface area (Å²) in [6, 6.07) is 0.590. The maximum atomic E-state index is 5.54. The van der Waals surface area contributed by atoms with Crippen LogP contribution in [-0.4, -0.2) is 40.6 Å². The van der Waals surface area contributed by atoms with E-state index in [-0.39, 0.29) is 0 Å². The highest BCUT2D eigenvalue weighted by Gasteiger charge is 2.31. The number of aromatic nitrogens is 3. The summed E-state index contributed by atoms with van der Waals surface area (Å²) >= 11 is 0. The van der Waals surface area contributed by atoms with Crippen molar-refractivity contribution in [2.75, 3.05) is 34.9 Å². The highest BCUT2D eigenvalue weighted by molar-refractivity contribution is 5.46. The third-order valence-electron chi connectivity index (χ3n) is 4.09. The number of hydrogen-bond donors (Lipinski definition) is 2. The van der Waals surface area contributed by atoms with Gasteiger partial charge in [0.25, 0.3) is 0 Å². The van der Waals surface area contributed by atoms with E-state index in [1.165, 1.54) is 32.1 Å². The van der Waals surface area contributed by atoms with Crippen LogP contribution in [0.3, 0.4) is 0 Å². The number of hydrazine groups is 1. The molecule has 2 heterocycles. The molecule has 0 atom stereocenters. The molecule has 3 N–H and O–H groups in total. The average Bonchev–Trinajstić information content (AvgIpc) is 3.37. The molecule has 116 valence electrons. The molecule has 3 rings (SSSR count). The quantitative estimate of drug-likeness (QED) is 0.607. The number of rotatable bonds is 6. The van der Waals surface area contributed by atoms with Gasteiger partial charge in [-0.1, -0.05) is 6.92 Å². The summed E-state index contributed by atoms with van der Waals surface area (Å²) in [5.41, 5.74) is 2.59. The van der Waals surface area contributed by atoms with E-state index in [0.29, 0.717) is 12.0 Å². The van der Waals surface area contributed by atoms with Gasteiger partial charge in [0, 0.05) is 25.7 Å². The van der Waals surface area contributed by atoms with Gasteiger partial charge < -0.3 is 9.80 Å². The normalized spacial score (nSPS) is 18.7. The van der Waals surface area contributed by atoms with Crippen LogP contribution in [0.4, 0.5) is 17.8 Å². The van der Waals surface area contributed by atoms with Crippen LogP contribution in [0.25, 0.3) is 0 Å². The maximum Gasteiger partial charge on any atom is 0.243 e. The predicted octanol–water partition coefficient (Wildman–Crippen LogP) is 1.53. The third kappa shape index (κ3) is 3.34. The second kappa shape index (κ2) is 6.43. The van der Waals surface area contributed by atoms with E-state index in [1.807, 2.05) is 0 Å². The number of nitrogen functional groups attached to an aromatic ring is 1. The van der Waals surface area contributed by atoms with Gasteiger partial charge >= 0.3 is 0 Å². The Kier molecular flexibility index (Phi) is 4.38. The van der Waals surface area contributed by atoms with Crippen molar-refractivity contribution in [2.24, 2.45) is 5.84 Å². The van der Waals surface area contributed by atoms with Crippen molar-refractivity contribution in [3.63, 3.8) is 0 Å². The molecule has 1 aliphatic heterocycles. The fourth-order valence-corrected chi connectivity index (χ4v) is 2.86. The molecule has 1 aliphatic carbocycles. The minimum absolute atomic E-state index is 0.460. The van der Waals surface area contributed by atoms with Gasteiger partial charge in [-0.2, -0.15) is 15.0 Å². The molecule has 2 aliphatic rings. The predicted molar refractivity (Wildman–Crippen MR) is 84.4 cm³/mol. The van der Waals surface area contributed by atoms with Crippen molar-refractivity contribution in [1.82, 2.24) is 15.0 Å². The summed E-state index contributed by atoms with van der Waals surface area (Å²) in [6.45, 7) is 5.21. The van der Waals surface area contributed by atoms with Crippen molar-refractivity contribution in [1.29, 1.82) is 0 Å². The van der Waals surface area contributed by atoms with Crippen LogP contribution in [0.15, 0.2) is 0 Å². The molecule has 0 amide bonds. The van der Waals surface area contributed by atoms with Crippen molar-refractivity contribution in [3.05, 3.63) is 0 Å². The lowest BCUT2D eigenvalue weighted by atomic mass is 10.1. The molecule has 0 spiro atoms. The monoisotopic (exact) mass is 291 g/mol. The smallest absolute Gasteiger partial charge is 0.243 e. The van der Waals surface area contributed by atoms with Gasteiger partial charge in [-0.05, 0) is 38.5 Å². The standard InChI is InChI=1S/C14H25N7/c1-2-8-21(11-6-7-11)14-17-12(19-15)16-13(18-14)20-9-4-3-5-10-20/h11H,2-10,15H2,1H3,(H,16,17,18,19). The van der Waals surface area contributed by atoms with Crippen LogP contribution in [0.1, 0.15) is 45.4 Å². The Bertz CT molecular complexity index is 468. The van der Waals surface area contributed by atoms with Crippen LogP contribution < -0.4 is 21.1 Å². The Morgan fingerprint density at radius 3 is 2.57 bits per heavy atom. The molecule has 21 heavy (non-hydrogen) atoms. The number of nitrogens with one attached hydrogen (secondary N) is 1. The molecule has 0 bridgehead atoms. The number of nitrogens with zero attached hydrogens (tertiary/aromatic N) is 5. The lowest BCUT2D eigenvalue weighted by molar-refractivity contribution is 0.566. The Balaban J connectivity index is 1.87. The van der Waals surface area contributed by atoms with Gasteiger partial charge in [0.15, 0.2) is 0 Å². The first-order valence-electron chi connectivity index (χ1n) is 8.06. The van der Waals surface area contributed by atoms with Gasteiger partial charge in [0.1, 0.15) is 0 Å². The highest BCUT2D eigenvalue weighted by Crippen LogP contribution is 2.31. The van der Waals surface area contributed by atoms with Crippen LogP contribution in [-0.2, 0) is 0 Å². The van der Waals surface area contributed by atoms with E-state index in [1.54, 1.807) is 0 Å². The Morgan fingerprint density at radius 1 is 1.19 bits per heavy atom. The summed E-state index contributed by atoms with van der Waals surface area (Å²) < 4.78 is 0. The molecule has 1 aromatic rings.